The monoisotopic (exact) mass is 486 g/mol. The normalized spacial score (nSPS) is 29.3. The maximum Gasteiger partial charge on any atom is 0.490 e. The van der Waals surface area contributed by atoms with Crippen molar-refractivity contribution in [2.24, 2.45) is 0 Å². The van der Waals surface area contributed by atoms with Gasteiger partial charge in [-0.3, -0.25) is 18.9 Å². The first-order valence-electron chi connectivity index (χ1n) is 7.18. The number of H-pyrrole nitrogens is 1. The molecule has 1 fully saturated rings. The van der Waals surface area contributed by atoms with E-state index in [1.54, 1.807) is 0 Å². The third-order valence-corrected chi connectivity index (χ3v) is 7.04. The number of nitrogens with zero attached hydrogens (tertiary/aromatic N) is 1. The van der Waals surface area contributed by atoms with E-state index in [4.69, 9.17) is 19.4 Å². The highest BCUT2D eigenvalue weighted by Gasteiger charge is 2.47. The van der Waals surface area contributed by atoms with Crippen molar-refractivity contribution in [3.63, 3.8) is 0 Å². The summed E-state index contributed by atoms with van der Waals surface area (Å²) in [6, 6.07) is 0.864. The van der Waals surface area contributed by atoms with Gasteiger partial charge in [0.25, 0.3) is 5.56 Å². The molecule has 29 heavy (non-hydrogen) atoms. The average molecular weight is 486 g/mol. The van der Waals surface area contributed by atoms with Gasteiger partial charge in [-0.05, 0) is 0 Å². The largest absolute Gasteiger partial charge is 0.490 e. The van der Waals surface area contributed by atoms with Crippen LogP contribution in [0.4, 0.5) is 4.39 Å². The van der Waals surface area contributed by atoms with Crippen molar-refractivity contribution in [3.8, 4) is 0 Å². The standard InChI is InChI=1S/C9H14FN2O14P3/c10-6-7(14)4(24-8(6)12-2-1-5(13)11-9(12)15)3-23-28(19,20)26-29(21,22)25-27(16,17)18/h1-2,4,6-8,14H,3H2,(H,19,20)(H,21,22)(H,11,13,15)(H2,16,17,18)/t4-,6-,7+,8-/m1/s1. The van der Waals surface area contributed by atoms with E-state index in [0.717, 1.165) is 12.3 Å². The van der Waals surface area contributed by atoms with E-state index >= 15 is 0 Å². The lowest BCUT2D eigenvalue weighted by Crippen LogP contribution is -2.35. The molecular formula is C9H14FN2O14P3. The number of aliphatic hydroxyl groups excluding tert-OH is 1. The number of phosphoric ester groups is 1. The van der Waals surface area contributed by atoms with Crippen LogP contribution in [0.15, 0.2) is 21.9 Å². The van der Waals surface area contributed by atoms with Crippen molar-refractivity contribution in [3.05, 3.63) is 33.1 Å². The molecule has 2 unspecified atom stereocenters. The van der Waals surface area contributed by atoms with Crippen LogP contribution in [0, 0.1) is 0 Å². The number of hydrogen-bond acceptors (Lipinski definition) is 10. The van der Waals surface area contributed by atoms with Crippen LogP contribution >= 0.6 is 23.5 Å². The summed E-state index contributed by atoms with van der Waals surface area (Å²) in [7, 11) is -16.9. The molecule has 0 saturated carbocycles. The van der Waals surface area contributed by atoms with E-state index in [9.17, 15) is 37.7 Å². The maximum absolute atomic E-state index is 14.2. The first-order chi connectivity index (χ1) is 13.1. The summed E-state index contributed by atoms with van der Waals surface area (Å²) < 4.78 is 64.4. The van der Waals surface area contributed by atoms with Crippen molar-refractivity contribution in [2.45, 2.75) is 24.6 Å². The molecule has 1 aliphatic rings. The van der Waals surface area contributed by atoms with Crippen LogP contribution in [-0.2, 0) is 31.6 Å². The summed E-state index contributed by atoms with van der Waals surface area (Å²) in [5.74, 6) is 0. The predicted molar refractivity (Wildman–Crippen MR) is 86.0 cm³/mol. The van der Waals surface area contributed by atoms with Gasteiger partial charge in [-0.2, -0.15) is 8.62 Å². The van der Waals surface area contributed by atoms with E-state index in [0.29, 0.717) is 4.57 Å². The second-order valence-electron chi connectivity index (χ2n) is 5.40. The summed E-state index contributed by atoms with van der Waals surface area (Å²) in [6.07, 6.45) is -6.85. The molecule has 0 radical (unpaired) electrons. The van der Waals surface area contributed by atoms with Crippen LogP contribution in [0.5, 0.6) is 0 Å². The molecule has 6 N–H and O–H groups in total. The molecule has 166 valence electrons. The second-order valence-corrected chi connectivity index (χ2v) is 9.82. The molecule has 0 amide bonds. The number of aliphatic hydroxyl groups is 1. The van der Waals surface area contributed by atoms with Gasteiger partial charge in [-0.25, -0.2) is 22.9 Å². The molecule has 1 aliphatic heterocycles. The molecule has 16 nitrogen and oxygen atoms in total. The van der Waals surface area contributed by atoms with Gasteiger partial charge in [0.15, 0.2) is 12.4 Å². The third-order valence-electron chi connectivity index (χ3n) is 3.24. The first-order valence-corrected chi connectivity index (χ1v) is 11.7. The lowest BCUT2D eigenvalue weighted by Gasteiger charge is -2.19. The number of phosphoric acid groups is 3. The van der Waals surface area contributed by atoms with Gasteiger partial charge in [0.1, 0.15) is 12.2 Å². The fourth-order valence-electron chi connectivity index (χ4n) is 2.16. The van der Waals surface area contributed by atoms with E-state index in [1.165, 1.54) is 0 Å². The molecule has 6 atom stereocenters. The van der Waals surface area contributed by atoms with Gasteiger partial charge >= 0.3 is 29.2 Å². The zero-order chi connectivity index (χ0) is 22.2. The van der Waals surface area contributed by atoms with Gasteiger partial charge in [0, 0.05) is 12.3 Å². The summed E-state index contributed by atoms with van der Waals surface area (Å²) in [5, 5.41) is 9.81. The molecule has 2 heterocycles. The number of hydrogen-bond donors (Lipinski definition) is 6. The fraction of sp³-hybridized carbons (Fsp3) is 0.556. The van der Waals surface area contributed by atoms with E-state index < -0.39 is 65.9 Å². The third kappa shape index (κ3) is 6.72. The Morgan fingerprint density at radius 2 is 1.76 bits per heavy atom. The van der Waals surface area contributed by atoms with Crippen molar-refractivity contribution in [2.75, 3.05) is 6.61 Å². The fourth-order valence-corrected chi connectivity index (χ4v) is 5.19. The molecule has 1 aromatic heterocycles. The minimum Gasteiger partial charge on any atom is -0.387 e. The maximum atomic E-state index is 14.2. The second kappa shape index (κ2) is 8.59. The molecular weight excluding hydrogens is 472 g/mol. The Labute approximate surface area is 158 Å². The van der Waals surface area contributed by atoms with Crippen LogP contribution in [-0.4, -0.2) is 59.2 Å². The summed E-state index contributed by atoms with van der Waals surface area (Å²) in [4.78, 5) is 59.7. The minimum atomic E-state index is -5.75. The van der Waals surface area contributed by atoms with Crippen molar-refractivity contribution in [1.82, 2.24) is 9.55 Å². The number of alkyl halides is 1. The predicted octanol–water partition coefficient (Wildman–Crippen LogP) is -1.52. The lowest BCUT2D eigenvalue weighted by molar-refractivity contribution is -0.0482. The van der Waals surface area contributed by atoms with Crippen LogP contribution in [0.3, 0.4) is 0 Å². The topological polar surface area (TPSA) is 244 Å². The smallest absolute Gasteiger partial charge is 0.387 e. The van der Waals surface area contributed by atoms with Gasteiger partial charge in [0.05, 0.1) is 6.61 Å². The van der Waals surface area contributed by atoms with E-state index in [1.807, 2.05) is 4.98 Å². The van der Waals surface area contributed by atoms with Crippen molar-refractivity contribution >= 4 is 23.5 Å². The Morgan fingerprint density at radius 1 is 1.14 bits per heavy atom. The first kappa shape index (κ1) is 24.2. The number of ether oxygens (including phenoxy) is 1. The van der Waals surface area contributed by atoms with Crippen molar-refractivity contribution in [1.29, 1.82) is 0 Å². The molecule has 0 bridgehead atoms. The van der Waals surface area contributed by atoms with E-state index in [2.05, 4.69) is 13.1 Å². The number of halogens is 1. The molecule has 1 saturated heterocycles. The summed E-state index contributed by atoms with van der Waals surface area (Å²) in [6.45, 7) is -1.13. The van der Waals surface area contributed by atoms with Gasteiger partial charge < -0.3 is 29.4 Å². The van der Waals surface area contributed by atoms with E-state index in [-0.39, 0.29) is 0 Å². The molecule has 0 spiro atoms. The van der Waals surface area contributed by atoms with Crippen LogP contribution in [0.1, 0.15) is 6.23 Å². The lowest BCUT2D eigenvalue weighted by atomic mass is 10.1. The molecule has 0 aromatic carbocycles. The Balaban J connectivity index is 2.06. The summed E-state index contributed by atoms with van der Waals surface area (Å²) >= 11 is 0. The van der Waals surface area contributed by atoms with Gasteiger partial charge in [0.2, 0.25) is 0 Å². The molecule has 2 rings (SSSR count). The zero-order valence-electron chi connectivity index (χ0n) is 13.7. The quantitative estimate of drug-likeness (QED) is 0.229. The minimum absolute atomic E-state index is 0.583. The van der Waals surface area contributed by atoms with Gasteiger partial charge in [-0.1, -0.05) is 0 Å². The number of aromatic nitrogens is 2. The van der Waals surface area contributed by atoms with Crippen LogP contribution in [0.2, 0.25) is 0 Å². The highest BCUT2D eigenvalue weighted by molar-refractivity contribution is 7.66. The Kier molecular flexibility index (Phi) is 7.17. The average Bonchev–Trinajstić information content (AvgIpc) is 2.78. The Hall–Kier alpha value is -1.06. The highest BCUT2D eigenvalue weighted by Crippen LogP contribution is 2.66. The van der Waals surface area contributed by atoms with Gasteiger partial charge in [-0.15, -0.1) is 0 Å². The number of rotatable bonds is 8. The molecule has 0 aliphatic carbocycles. The molecule has 1 aromatic rings. The summed E-state index contributed by atoms with van der Waals surface area (Å²) in [5.41, 5.74) is -1.87. The van der Waals surface area contributed by atoms with Crippen LogP contribution in [0.25, 0.3) is 0 Å². The molecule has 20 heteroatoms. The highest BCUT2D eigenvalue weighted by atomic mass is 31.3. The number of nitrogens with one attached hydrogen (secondary N) is 1. The number of aromatic amines is 1. The zero-order valence-corrected chi connectivity index (χ0v) is 16.4. The Bertz CT molecular complexity index is 1000. The van der Waals surface area contributed by atoms with Crippen molar-refractivity contribution < 1.29 is 60.6 Å². The SMILES string of the molecule is O=c1ccn([C@@H]2O[C@H](COP(=O)(O)OP(=O)(O)OP(=O)(O)O)[C@H](O)[C@H]2F)c(=O)[nH]1. The Morgan fingerprint density at radius 3 is 2.31 bits per heavy atom. The van der Waals surface area contributed by atoms with Crippen LogP contribution < -0.4 is 11.2 Å².